The van der Waals surface area contributed by atoms with E-state index in [-0.39, 0.29) is 11.7 Å². The molecule has 2 aromatic heterocycles. The molecule has 1 saturated heterocycles. The van der Waals surface area contributed by atoms with E-state index < -0.39 is 0 Å². The first-order valence-electron chi connectivity index (χ1n) is 9.27. The molecule has 1 aliphatic heterocycles. The summed E-state index contributed by atoms with van der Waals surface area (Å²) < 4.78 is 0. The highest BCUT2D eigenvalue weighted by atomic mass is 16.2. The molecule has 1 fully saturated rings. The molecule has 1 amide bonds. The Morgan fingerprint density at radius 3 is 2.67 bits per heavy atom. The Kier molecular flexibility index (Phi) is 5.70. The van der Waals surface area contributed by atoms with Crippen LogP contribution in [0.15, 0.2) is 24.5 Å². The van der Waals surface area contributed by atoms with Crippen molar-refractivity contribution in [3.63, 3.8) is 0 Å². The third-order valence-electron chi connectivity index (χ3n) is 5.24. The van der Waals surface area contributed by atoms with E-state index >= 15 is 0 Å². The van der Waals surface area contributed by atoms with E-state index in [1.165, 1.54) is 0 Å². The van der Waals surface area contributed by atoms with Crippen LogP contribution in [0.1, 0.15) is 33.9 Å². The Bertz CT molecular complexity index is 808. The molecule has 0 bridgehead atoms. The van der Waals surface area contributed by atoms with Crippen LogP contribution < -0.4 is 4.90 Å². The minimum atomic E-state index is -0.174. The molecule has 0 radical (unpaired) electrons. The molecule has 0 N–H and O–H groups in total. The Morgan fingerprint density at radius 1 is 1.26 bits per heavy atom. The van der Waals surface area contributed by atoms with Crippen molar-refractivity contribution in [3.05, 3.63) is 47.2 Å². The zero-order chi connectivity index (χ0) is 19.6. The van der Waals surface area contributed by atoms with Crippen LogP contribution in [0.4, 0.5) is 5.82 Å². The molecule has 3 rings (SSSR count). The van der Waals surface area contributed by atoms with Crippen LogP contribution in [-0.4, -0.2) is 70.9 Å². The van der Waals surface area contributed by atoms with Crippen molar-refractivity contribution in [3.8, 4) is 0 Å². The van der Waals surface area contributed by atoms with Gasteiger partial charge in [-0.2, -0.15) is 0 Å². The summed E-state index contributed by atoms with van der Waals surface area (Å²) >= 11 is 0. The lowest BCUT2D eigenvalue weighted by atomic mass is 10.2. The predicted molar refractivity (Wildman–Crippen MR) is 106 cm³/mol. The molecule has 0 aliphatic carbocycles. The van der Waals surface area contributed by atoms with Gasteiger partial charge >= 0.3 is 0 Å². The van der Waals surface area contributed by atoms with E-state index in [4.69, 9.17) is 0 Å². The molecule has 27 heavy (non-hydrogen) atoms. The number of pyridine rings is 1. The van der Waals surface area contributed by atoms with Crippen LogP contribution in [0.5, 0.6) is 0 Å². The first-order chi connectivity index (χ1) is 12.9. The molecule has 2 aromatic rings. The van der Waals surface area contributed by atoms with Gasteiger partial charge in [-0.1, -0.05) is 6.07 Å². The summed E-state index contributed by atoms with van der Waals surface area (Å²) in [5.41, 5.74) is 2.87. The number of aromatic nitrogens is 3. The van der Waals surface area contributed by atoms with Gasteiger partial charge in [0.1, 0.15) is 5.82 Å². The standard InChI is InChI=1S/C20H28N6O/c1-14-15(2)22-18(20(27)25(5)12-16-7-6-9-21-11-16)23-19(14)26-10-8-17(13-26)24(3)4/h6-7,9,11,17H,8,10,12-13H2,1-5H3/t17-/m1/s1. The lowest BCUT2D eigenvalue weighted by Gasteiger charge is -2.24. The fourth-order valence-corrected chi connectivity index (χ4v) is 3.38. The maximum atomic E-state index is 12.9. The Balaban J connectivity index is 1.82. The summed E-state index contributed by atoms with van der Waals surface area (Å²) in [7, 11) is 5.98. The maximum absolute atomic E-state index is 12.9. The molecule has 7 heteroatoms. The van der Waals surface area contributed by atoms with Crippen molar-refractivity contribution in [1.82, 2.24) is 24.8 Å². The third-order valence-corrected chi connectivity index (χ3v) is 5.24. The predicted octanol–water partition coefficient (Wildman–Crippen LogP) is 1.90. The summed E-state index contributed by atoms with van der Waals surface area (Å²) in [6, 6.07) is 4.33. The van der Waals surface area contributed by atoms with Crippen LogP contribution in [0, 0.1) is 13.8 Å². The van der Waals surface area contributed by atoms with Crippen LogP contribution >= 0.6 is 0 Å². The molecule has 7 nitrogen and oxygen atoms in total. The van der Waals surface area contributed by atoms with Crippen molar-refractivity contribution in [2.45, 2.75) is 32.9 Å². The van der Waals surface area contributed by atoms with Gasteiger partial charge in [-0.15, -0.1) is 0 Å². The smallest absolute Gasteiger partial charge is 0.291 e. The maximum Gasteiger partial charge on any atom is 0.291 e. The SMILES string of the molecule is Cc1nc(C(=O)N(C)Cc2cccnc2)nc(N2CC[C@@H](N(C)C)C2)c1C. The number of hydrogen-bond donors (Lipinski definition) is 0. The van der Waals surface area contributed by atoms with E-state index in [0.717, 1.165) is 42.1 Å². The van der Waals surface area contributed by atoms with E-state index in [0.29, 0.717) is 12.6 Å². The molecule has 1 atom stereocenters. The second-order valence-electron chi connectivity index (χ2n) is 7.46. The number of hydrogen-bond acceptors (Lipinski definition) is 6. The van der Waals surface area contributed by atoms with E-state index in [9.17, 15) is 4.79 Å². The zero-order valence-corrected chi connectivity index (χ0v) is 16.8. The molecule has 144 valence electrons. The fourth-order valence-electron chi connectivity index (χ4n) is 3.38. The molecule has 3 heterocycles. The Labute approximate surface area is 161 Å². The first kappa shape index (κ1) is 19.2. The number of rotatable bonds is 5. The lowest BCUT2D eigenvalue weighted by Crippen LogP contribution is -2.33. The number of carbonyl (C=O) groups excluding carboxylic acids is 1. The van der Waals surface area contributed by atoms with Crippen LogP contribution in [0.25, 0.3) is 0 Å². The van der Waals surface area contributed by atoms with Gasteiger partial charge in [0, 0.05) is 56.4 Å². The average Bonchev–Trinajstić information content (AvgIpc) is 3.14. The molecule has 0 unspecified atom stereocenters. The van der Waals surface area contributed by atoms with Crippen LogP contribution in [0.3, 0.4) is 0 Å². The van der Waals surface area contributed by atoms with Gasteiger partial charge in [-0.3, -0.25) is 9.78 Å². The van der Waals surface area contributed by atoms with Crippen molar-refractivity contribution in [2.75, 3.05) is 39.1 Å². The summed E-state index contributed by atoms with van der Waals surface area (Å²) in [4.78, 5) is 32.3. The Morgan fingerprint density at radius 2 is 2.04 bits per heavy atom. The highest BCUT2D eigenvalue weighted by molar-refractivity contribution is 5.90. The number of carbonyl (C=O) groups is 1. The molecule has 0 saturated carbocycles. The zero-order valence-electron chi connectivity index (χ0n) is 16.8. The highest BCUT2D eigenvalue weighted by Crippen LogP contribution is 2.25. The molecular weight excluding hydrogens is 340 g/mol. The molecule has 1 aliphatic rings. The summed E-state index contributed by atoms with van der Waals surface area (Å²) in [6.45, 7) is 6.31. The van der Waals surface area contributed by atoms with Crippen molar-refractivity contribution < 1.29 is 4.79 Å². The fraction of sp³-hybridized carbons (Fsp3) is 0.500. The third kappa shape index (κ3) is 4.24. The molecular formula is C20H28N6O. The van der Waals surface area contributed by atoms with Crippen LogP contribution in [0.2, 0.25) is 0 Å². The normalized spacial score (nSPS) is 16.8. The van der Waals surface area contributed by atoms with Gasteiger partial charge < -0.3 is 14.7 Å². The molecule has 0 spiro atoms. The van der Waals surface area contributed by atoms with Gasteiger partial charge in [-0.25, -0.2) is 9.97 Å². The van der Waals surface area contributed by atoms with Crippen molar-refractivity contribution >= 4 is 11.7 Å². The summed E-state index contributed by atoms with van der Waals surface area (Å²) in [5.74, 6) is 0.962. The van der Waals surface area contributed by atoms with Gasteiger partial charge in [0.05, 0.1) is 0 Å². The number of likely N-dealkylation sites (N-methyl/N-ethyl adjacent to an activating group) is 1. The molecule has 0 aromatic carbocycles. The topological polar surface area (TPSA) is 65.5 Å². The number of anilines is 1. The van der Waals surface area contributed by atoms with Gasteiger partial charge in [0.15, 0.2) is 0 Å². The van der Waals surface area contributed by atoms with Gasteiger partial charge in [-0.05, 0) is 46.0 Å². The van der Waals surface area contributed by atoms with Crippen molar-refractivity contribution in [1.29, 1.82) is 0 Å². The first-order valence-corrected chi connectivity index (χ1v) is 9.27. The van der Waals surface area contributed by atoms with Gasteiger partial charge in [0.25, 0.3) is 5.91 Å². The number of amides is 1. The number of aryl methyl sites for hydroxylation is 1. The second-order valence-corrected chi connectivity index (χ2v) is 7.46. The van der Waals surface area contributed by atoms with E-state index in [1.54, 1.807) is 24.3 Å². The second kappa shape index (κ2) is 8.00. The van der Waals surface area contributed by atoms with E-state index in [2.05, 4.69) is 38.8 Å². The van der Waals surface area contributed by atoms with Crippen molar-refractivity contribution in [2.24, 2.45) is 0 Å². The quantitative estimate of drug-likeness (QED) is 0.803. The Hall–Kier alpha value is -2.54. The minimum Gasteiger partial charge on any atom is -0.355 e. The highest BCUT2D eigenvalue weighted by Gasteiger charge is 2.28. The monoisotopic (exact) mass is 368 g/mol. The lowest BCUT2D eigenvalue weighted by molar-refractivity contribution is 0.0772. The van der Waals surface area contributed by atoms with Crippen LogP contribution in [-0.2, 0) is 6.54 Å². The largest absolute Gasteiger partial charge is 0.355 e. The van der Waals surface area contributed by atoms with Gasteiger partial charge in [0.2, 0.25) is 5.82 Å². The summed E-state index contributed by atoms with van der Waals surface area (Å²) in [5, 5.41) is 0. The summed E-state index contributed by atoms with van der Waals surface area (Å²) in [6.07, 6.45) is 4.59. The average molecular weight is 368 g/mol. The minimum absolute atomic E-state index is 0.174. The van der Waals surface area contributed by atoms with E-state index in [1.807, 2.05) is 26.0 Å². The number of nitrogens with zero attached hydrogens (tertiary/aromatic N) is 6.